The van der Waals surface area contributed by atoms with E-state index in [2.05, 4.69) is 28.3 Å². The fraction of sp³-hybridized carbons (Fsp3) is 0.526. The van der Waals surface area contributed by atoms with E-state index in [9.17, 15) is 9.59 Å². The van der Waals surface area contributed by atoms with Gasteiger partial charge in [0.25, 0.3) is 0 Å². The Bertz CT molecular complexity index is 731. The minimum atomic E-state index is -0.309. The topological polar surface area (TPSA) is 65.5 Å². The molecule has 0 unspecified atom stereocenters. The number of hydrogen-bond donors (Lipinski definition) is 1. The van der Waals surface area contributed by atoms with Crippen molar-refractivity contribution in [2.75, 3.05) is 38.5 Å². The molecule has 3 aliphatic heterocycles. The fourth-order valence-electron chi connectivity index (χ4n) is 3.81. The standard InChI is InChI=1S/C19H24N4O2/c1-22-9-5-19(6-10-22)12-15-11-14(13-20-17(15)21-18(19)25)3-4-16(24)23-7-2-8-23/h3-4,11,13H,2,5-10,12H2,1H3,(H,20,21,25). The zero-order chi connectivity index (χ0) is 17.4. The molecule has 1 aromatic rings. The molecule has 0 aliphatic carbocycles. The number of aromatic nitrogens is 1. The number of hydrogen-bond acceptors (Lipinski definition) is 4. The Morgan fingerprint density at radius 3 is 2.72 bits per heavy atom. The van der Waals surface area contributed by atoms with Gasteiger partial charge in [-0.15, -0.1) is 0 Å². The molecule has 1 aromatic heterocycles. The van der Waals surface area contributed by atoms with Crippen LogP contribution in [0.25, 0.3) is 6.08 Å². The van der Waals surface area contributed by atoms with E-state index in [1.165, 1.54) is 0 Å². The summed E-state index contributed by atoms with van der Waals surface area (Å²) in [5, 5.41) is 3.00. The highest BCUT2D eigenvalue weighted by atomic mass is 16.2. The van der Waals surface area contributed by atoms with Crippen molar-refractivity contribution in [2.45, 2.75) is 25.7 Å². The number of rotatable bonds is 2. The second-order valence-electron chi connectivity index (χ2n) is 7.50. The predicted molar refractivity (Wildman–Crippen MR) is 96.0 cm³/mol. The minimum absolute atomic E-state index is 0.0593. The maximum absolute atomic E-state index is 12.6. The molecule has 3 aliphatic rings. The van der Waals surface area contributed by atoms with Crippen LogP contribution in [0.2, 0.25) is 0 Å². The first-order chi connectivity index (χ1) is 12.1. The van der Waals surface area contributed by atoms with Crippen LogP contribution in [0, 0.1) is 5.41 Å². The number of carbonyl (C=O) groups excluding carboxylic acids is 2. The smallest absolute Gasteiger partial charge is 0.246 e. The Hall–Kier alpha value is -2.21. The van der Waals surface area contributed by atoms with Crippen molar-refractivity contribution in [3.8, 4) is 0 Å². The second-order valence-corrected chi connectivity index (χ2v) is 7.50. The van der Waals surface area contributed by atoms with Crippen molar-refractivity contribution in [1.29, 1.82) is 0 Å². The Morgan fingerprint density at radius 1 is 1.28 bits per heavy atom. The number of amides is 2. The van der Waals surface area contributed by atoms with Gasteiger partial charge in [-0.2, -0.15) is 0 Å². The number of anilines is 1. The van der Waals surface area contributed by atoms with Crippen LogP contribution in [0.4, 0.5) is 5.82 Å². The van der Waals surface area contributed by atoms with E-state index in [1.54, 1.807) is 12.3 Å². The third-order valence-corrected chi connectivity index (χ3v) is 5.76. The Labute approximate surface area is 147 Å². The van der Waals surface area contributed by atoms with Crippen LogP contribution < -0.4 is 5.32 Å². The summed E-state index contributed by atoms with van der Waals surface area (Å²) in [5.74, 6) is 0.835. The molecule has 2 amide bonds. The van der Waals surface area contributed by atoms with Gasteiger partial charge < -0.3 is 15.1 Å². The molecule has 132 valence electrons. The van der Waals surface area contributed by atoms with Crippen LogP contribution in [-0.4, -0.2) is 59.8 Å². The van der Waals surface area contributed by atoms with E-state index in [0.29, 0.717) is 5.82 Å². The quantitative estimate of drug-likeness (QED) is 0.830. The molecule has 2 fully saturated rings. The first kappa shape index (κ1) is 16.3. The van der Waals surface area contributed by atoms with Crippen molar-refractivity contribution in [1.82, 2.24) is 14.8 Å². The van der Waals surface area contributed by atoms with Crippen LogP contribution >= 0.6 is 0 Å². The Kier molecular flexibility index (Phi) is 4.07. The number of piperidine rings is 1. The molecule has 25 heavy (non-hydrogen) atoms. The summed E-state index contributed by atoms with van der Waals surface area (Å²) in [6, 6.07) is 2.06. The van der Waals surface area contributed by atoms with Gasteiger partial charge in [0.15, 0.2) is 0 Å². The third-order valence-electron chi connectivity index (χ3n) is 5.76. The average Bonchev–Trinajstić information content (AvgIpc) is 2.55. The molecule has 2 saturated heterocycles. The lowest BCUT2D eigenvalue weighted by Crippen LogP contribution is -2.49. The zero-order valence-corrected chi connectivity index (χ0v) is 14.6. The van der Waals surface area contributed by atoms with E-state index >= 15 is 0 Å². The molecular formula is C19H24N4O2. The highest BCUT2D eigenvalue weighted by molar-refractivity contribution is 5.98. The predicted octanol–water partition coefficient (Wildman–Crippen LogP) is 1.53. The lowest BCUT2D eigenvalue weighted by atomic mass is 9.71. The maximum Gasteiger partial charge on any atom is 0.246 e. The minimum Gasteiger partial charge on any atom is -0.339 e. The summed E-state index contributed by atoms with van der Waals surface area (Å²) >= 11 is 0. The normalized spacial score (nSPS) is 22.6. The van der Waals surface area contributed by atoms with Crippen molar-refractivity contribution in [3.63, 3.8) is 0 Å². The lowest BCUT2D eigenvalue weighted by molar-refractivity contribution is -0.129. The number of likely N-dealkylation sites (tertiary alicyclic amines) is 2. The van der Waals surface area contributed by atoms with Crippen LogP contribution in [0.3, 0.4) is 0 Å². The SMILES string of the molecule is CN1CCC2(CC1)Cc1cc(C=CC(=O)N3CCC3)cnc1NC2=O. The number of nitrogens with one attached hydrogen (secondary N) is 1. The highest BCUT2D eigenvalue weighted by Gasteiger charge is 2.44. The molecule has 4 heterocycles. The molecule has 0 atom stereocenters. The van der Waals surface area contributed by atoms with Crippen LogP contribution in [0.1, 0.15) is 30.4 Å². The average molecular weight is 340 g/mol. The van der Waals surface area contributed by atoms with Crippen LogP contribution in [-0.2, 0) is 16.0 Å². The molecule has 0 radical (unpaired) electrons. The molecule has 4 rings (SSSR count). The first-order valence-electron chi connectivity index (χ1n) is 9.02. The van der Waals surface area contributed by atoms with Gasteiger partial charge in [0.05, 0.1) is 5.41 Å². The van der Waals surface area contributed by atoms with Gasteiger partial charge in [-0.05, 0) is 69.1 Å². The van der Waals surface area contributed by atoms with Gasteiger partial charge in [0.1, 0.15) is 5.82 Å². The molecule has 6 nitrogen and oxygen atoms in total. The van der Waals surface area contributed by atoms with Crippen LogP contribution in [0.15, 0.2) is 18.3 Å². The Morgan fingerprint density at radius 2 is 2.04 bits per heavy atom. The number of pyridine rings is 1. The Balaban J connectivity index is 1.53. The van der Waals surface area contributed by atoms with Gasteiger partial charge in [0, 0.05) is 25.4 Å². The van der Waals surface area contributed by atoms with Gasteiger partial charge in [-0.1, -0.05) is 0 Å². The number of carbonyl (C=O) groups is 2. The summed E-state index contributed by atoms with van der Waals surface area (Å²) in [6.07, 6.45) is 8.74. The number of fused-ring (bicyclic) bond motifs is 1. The van der Waals surface area contributed by atoms with Crippen molar-refractivity contribution >= 4 is 23.7 Å². The largest absolute Gasteiger partial charge is 0.339 e. The summed E-state index contributed by atoms with van der Waals surface area (Å²) in [4.78, 5) is 33.1. The van der Waals surface area contributed by atoms with Gasteiger partial charge >= 0.3 is 0 Å². The van der Waals surface area contributed by atoms with Gasteiger partial charge in [-0.25, -0.2) is 4.98 Å². The summed E-state index contributed by atoms with van der Waals surface area (Å²) < 4.78 is 0. The molecule has 6 heteroatoms. The molecule has 0 saturated carbocycles. The van der Waals surface area contributed by atoms with Crippen molar-refractivity contribution in [2.24, 2.45) is 5.41 Å². The second kappa shape index (κ2) is 6.26. The van der Waals surface area contributed by atoms with Crippen molar-refractivity contribution in [3.05, 3.63) is 29.5 Å². The molecule has 1 N–H and O–H groups in total. The first-order valence-corrected chi connectivity index (χ1v) is 9.02. The molecule has 0 bridgehead atoms. The molecule has 1 spiro atoms. The fourth-order valence-corrected chi connectivity index (χ4v) is 3.81. The third kappa shape index (κ3) is 3.06. The van der Waals surface area contributed by atoms with E-state index in [0.717, 1.165) is 63.0 Å². The van der Waals surface area contributed by atoms with Gasteiger partial charge in [0.2, 0.25) is 11.8 Å². The maximum atomic E-state index is 12.6. The number of nitrogens with zero attached hydrogens (tertiary/aromatic N) is 3. The highest BCUT2D eigenvalue weighted by Crippen LogP contribution is 2.40. The lowest BCUT2D eigenvalue weighted by Gasteiger charge is -2.42. The summed E-state index contributed by atoms with van der Waals surface area (Å²) in [5.41, 5.74) is 1.67. The van der Waals surface area contributed by atoms with E-state index in [1.807, 2.05) is 11.0 Å². The summed E-state index contributed by atoms with van der Waals surface area (Å²) in [7, 11) is 2.10. The van der Waals surface area contributed by atoms with Crippen molar-refractivity contribution < 1.29 is 9.59 Å². The zero-order valence-electron chi connectivity index (χ0n) is 14.6. The van der Waals surface area contributed by atoms with E-state index in [4.69, 9.17) is 0 Å². The van der Waals surface area contributed by atoms with E-state index in [-0.39, 0.29) is 17.2 Å². The molecular weight excluding hydrogens is 316 g/mol. The summed E-state index contributed by atoms with van der Waals surface area (Å²) in [6.45, 7) is 3.60. The monoisotopic (exact) mass is 340 g/mol. The molecule has 0 aromatic carbocycles. The van der Waals surface area contributed by atoms with Crippen LogP contribution in [0.5, 0.6) is 0 Å². The van der Waals surface area contributed by atoms with Gasteiger partial charge in [-0.3, -0.25) is 9.59 Å². The van der Waals surface area contributed by atoms with E-state index < -0.39 is 0 Å².